The second-order valence-electron chi connectivity index (χ2n) is 4.62. The van der Waals surface area contributed by atoms with Crippen LogP contribution in [-0.2, 0) is 13.0 Å². The molecule has 2 rings (SSSR count). The summed E-state index contributed by atoms with van der Waals surface area (Å²) in [4.78, 5) is 11.0. The Balaban J connectivity index is 2.17. The van der Waals surface area contributed by atoms with Gasteiger partial charge in [-0.25, -0.2) is 0 Å². The average Bonchev–Trinajstić information content (AvgIpc) is 2.46. The molecule has 0 bridgehead atoms. The van der Waals surface area contributed by atoms with Crippen LogP contribution in [0.1, 0.15) is 11.1 Å². The minimum atomic E-state index is -0.486. The van der Waals surface area contributed by atoms with E-state index in [-0.39, 0.29) is 23.0 Å². The molecule has 7 heteroatoms. The van der Waals surface area contributed by atoms with E-state index in [9.17, 15) is 10.1 Å². The molecule has 2 aromatic rings. The van der Waals surface area contributed by atoms with E-state index >= 15 is 0 Å². The summed E-state index contributed by atoms with van der Waals surface area (Å²) in [6.07, 6.45) is 0.313. The quantitative estimate of drug-likeness (QED) is 0.495. The first kappa shape index (κ1) is 16.2. The number of thiocarbonyl (C=S) groups is 1. The summed E-state index contributed by atoms with van der Waals surface area (Å²) >= 11 is 10.6. The molecular formula is C15H13ClN2O3S. The summed E-state index contributed by atoms with van der Waals surface area (Å²) < 4.78 is 5.54. The second kappa shape index (κ2) is 7.20. The highest BCUT2D eigenvalue weighted by atomic mass is 35.5. The average molecular weight is 337 g/mol. The summed E-state index contributed by atoms with van der Waals surface area (Å²) in [7, 11) is 0. The normalized spacial score (nSPS) is 10.2. The molecule has 22 heavy (non-hydrogen) atoms. The molecule has 0 saturated carbocycles. The largest absolute Gasteiger partial charge is 0.482 e. The molecular weight excluding hydrogens is 324 g/mol. The molecule has 0 amide bonds. The Bertz CT molecular complexity index is 704. The van der Waals surface area contributed by atoms with Crippen LogP contribution in [0.4, 0.5) is 5.69 Å². The van der Waals surface area contributed by atoms with E-state index in [1.165, 1.54) is 6.07 Å². The SMILES string of the molecule is NC(=S)Cc1ccc(OCc2ccc(Cl)cc2)c([N+](=O)[O-])c1. The van der Waals surface area contributed by atoms with Crippen LogP contribution in [0.3, 0.4) is 0 Å². The van der Waals surface area contributed by atoms with Gasteiger partial charge >= 0.3 is 5.69 Å². The number of nitro benzene ring substituents is 1. The van der Waals surface area contributed by atoms with Crippen LogP contribution < -0.4 is 10.5 Å². The zero-order chi connectivity index (χ0) is 16.1. The van der Waals surface area contributed by atoms with Gasteiger partial charge in [-0.15, -0.1) is 0 Å². The number of nitro groups is 1. The van der Waals surface area contributed by atoms with Crippen molar-refractivity contribution in [3.05, 3.63) is 68.7 Å². The minimum absolute atomic E-state index is 0.109. The second-order valence-corrected chi connectivity index (χ2v) is 5.58. The van der Waals surface area contributed by atoms with Crippen molar-refractivity contribution in [3.8, 4) is 5.75 Å². The number of nitrogens with zero attached hydrogens (tertiary/aromatic N) is 1. The lowest BCUT2D eigenvalue weighted by Gasteiger charge is -2.08. The van der Waals surface area contributed by atoms with E-state index in [0.29, 0.717) is 17.0 Å². The zero-order valence-electron chi connectivity index (χ0n) is 11.5. The van der Waals surface area contributed by atoms with E-state index in [1.807, 2.05) is 0 Å². The number of benzene rings is 2. The van der Waals surface area contributed by atoms with Gasteiger partial charge in [0.05, 0.1) is 9.91 Å². The zero-order valence-corrected chi connectivity index (χ0v) is 13.1. The van der Waals surface area contributed by atoms with E-state index in [4.69, 9.17) is 34.3 Å². The third-order valence-electron chi connectivity index (χ3n) is 2.91. The van der Waals surface area contributed by atoms with Crippen LogP contribution in [0, 0.1) is 10.1 Å². The van der Waals surface area contributed by atoms with Crippen molar-refractivity contribution < 1.29 is 9.66 Å². The van der Waals surface area contributed by atoms with E-state index in [2.05, 4.69) is 0 Å². The number of rotatable bonds is 6. The van der Waals surface area contributed by atoms with Gasteiger partial charge in [0.1, 0.15) is 6.61 Å². The van der Waals surface area contributed by atoms with Crippen LogP contribution >= 0.6 is 23.8 Å². The molecule has 0 atom stereocenters. The highest BCUT2D eigenvalue weighted by Gasteiger charge is 2.16. The third kappa shape index (κ3) is 4.41. The van der Waals surface area contributed by atoms with Crippen molar-refractivity contribution in [2.45, 2.75) is 13.0 Å². The van der Waals surface area contributed by atoms with Crippen LogP contribution in [0.2, 0.25) is 5.02 Å². The maximum Gasteiger partial charge on any atom is 0.311 e. The fourth-order valence-electron chi connectivity index (χ4n) is 1.88. The molecule has 0 unspecified atom stereocenters. The van der Waals surface area contributed by atoms with E-state index in [1.54, 1.807) is 36.4 Å². The van der Waals surface area contributed by atoms with Gasteiger partial charge in [0.15, 0.2) is 5.75 Å². The maximum absolute atomic E-state index is 11.2. The molecule has 5 nitrogen and oxygen atoms in total. The molecule has 0 aliphatic rings. The van der Waals surface area contributed by atoms with Crippen molar-refractivity contribution in [1.82, 2.24) is 0 Å². The van der Waals surface area contributed by atoms with Crippen molar-refractivity contribution in [3.63, 3.8) is 0 Å². The van der Waals surface area contributed by atoms with Crippen molar-refractivity contribution in [1.29, 1.82) is 0 Å². The molecule has 2 aromatic carbocycles. The molecule has 0 saturated heterocycles. The van der Waals surface area contributed by atoms with Gasteiger partial charge in [0, 0.05) is 17.5 Å². The Kier molecular flexibility index (Phi) is 5.30. The number of hydrogen-bond acceptors (Lipinski definition) is 4. The summed E-state index contributed by atoms with van der Waals surface area (Å²) in [6.45, 7) is 0.215. The molecule has 114 valence electrons. The summed E-state index contributed by atoms with van der Waals surface area (Å²) in [6, 6.07) is 11.8. The number of hydrogen-bond donors (Lipinski definition) is 1. The summed E-state index contributed by atoms with van der Waals surface area (Å²) in [5.74, 6) is 0.201. The van der Waals surface area contributed by atoms with E-state index < -0.39 is 4.92 Å². The predicted octanol–water partition coefficient (Wildman–Crippen LogP) is 3.66. The van der Waals surface area contributed by atoms with Crippen LogP contribution in [-0.4, -0.2) is 9.91 Å². The topological polar surface area (TPSA) is 78.4 Å². The van der Waals surface area contributed by atoms with Crippen molar-refractivity contribution in [2.75, 3.05) is 0 Å². The lowest BCUT2D eigenvalue weighted by molar-refractivity contribution is -0.386. The molecule has 0 aliphatic carbocycles. The van der Waals surface area contributed by atoms with Gasteiger partial charge in [-0.05, 0) is 29.3 Å². The van der Waals surface area contributed by atoms with Crippen LogP contribution in [0.15, 0.2) is 42.5 Å². The predicted molar refractivity (Wildman–Crippen MR) is 89.4 cm³/mol. The van der Waals surface area contributed by atoms with Gasteiger partial charge < -0.3 is 10.5 Å². The van der Waals surface area contributed by atoms with Crippen LogP contribution in [0.5, 0.6) is 5.75 Å². The van der Waals surface area contributed by atoms with Gasteiger partial charge in [0.25, 0.3) is 0 Å². The van der Waals surface area contributed by atoms with E-state index in [0.717, 1.165) is 5.56 Å². The Morgan fingerprint density at radius 2 is 1.86 bits per heavy atom. The van der Waals surface area contributed by atoms with Crippen LogP contribution in [0.25, 0.3) is 0 Å². The van der Waals surface area contributed by atoms with Gasteiger partial charge in [-0.3, -0.25) is 10.1 Å². The fraction of sp³-hybridized carbons (Fsp3) is 0.133. The van der Waals surface area contributed by atoms with Gasteiger partial charge in [-0.1, -0.05) is 42.0 Å². The molecule has 0 radical (unpaired) electrons. The van der Waals surface area contributed by atoms with Gasteiger partial charge in [0.2, 0.25) is 0 Å². The lowest BCUT2D eigenvalue weighted by Crippen LogP contribution is -2.11. The monoisotopic (exact) mass is 336 g/mol. The number of halogens is 1. The maximum atomic E-state index is 11.2. The number of ether oxygens (including phenoxy) is 1. The molecule has 0 aromatic heterocycles. The van der Waals surface area contributed by atoms with Gasteiger partial charge in [-0.2, -0.15) is 0 Å². The first-order chi connectivity index (χ1) is 10.5. The molecule has 0 aliphatic heterocycles. The summed E-state index contributed by atoms with van der Waals surface area (Å²) in [5, 5.41) is 11.8. The smallest absolute Gasteiger partial charge is 0.311 e. The first-order valence-electron chi connectivity index (χ1n) is 6.38. The number of nitrogens with two attached hydrogens (primary N) is 1. The van der Waals surface area contributed by atoms with Crippen molar-refractivity contribution >= 4 is 34.5 Å². The Morgan fingerprint density at radius 1 is 1.23 bits per heavy atom. The molecule has 0 spiro atoms. The minimum Gasteiger partial charge on any atom is -0.482 e. The Morgan fingerprint density at radius 3 is 2.45 bits per heavy atom. The highest BCUT2D eigenvalue weighted by molar-refractivity contribution is 7.80. The molecule has 0 heterocycles. The first-order valence-corrected chi connectivity index (χ1v) is 7.17. The fourth-order valence-corrected chi connectivity index (χ4v) is 2.17. The lowest BCUT2D eigenvalue weighted by atomic mass is 10.1. The molecule has 0 fully saturated rings. The van der Waals surface area contributed by atoms with Crippen molar-refractivity contribution in [2.24, 2.45) is 5.73 Å². The summed E-state index contributed by atoms with van der Waals surface area (Å²) in [5.41, 5.74) is 6.89. The standard InChI is InChI=1S/C15H13ClN2O3S/c16-12-4-1-10(2-5-12)9-21-14-6-3-11(8-15(17)22)7-13(14)18(19)20/h1-7H,8-9H2,(H2,17,22). The Hall–Kier alpha value is -2.18. The molecule has 2 N–H and O–H groups in total. The third-order valence-corrected chi connectivity index (χ3v) is 3.30. The highest BCUT2D eigenvalue weighted by Crippen LogP contribution is 2.29. The Labute approximate surface area is 137 Å².